The van der Waals surface area contributed by atoms with E-state index in [2.05, 4.69) is 31.7 Å². The molecule has 0 aromatic carbocycles. The molecule has 0 aliphatic heterocycles. The molecule has 0 atom stereocenters. The summed E-state index contributed by atoms with van der Waals surface area (Å²) in [5.41, 5.74) is 0. The quantitative estimate of drug-likeness (QED) is 0.521. The maximum atomic E-state index is 3.93. The van der Waals surface area contributed by atoms with Gasteiger partial charge in [0.1, 0.15) is 0 Å². The summed E-state index contributed by atoms with van der Waals surface area (Å²) < 4.78 is 0. The Labute approximate surface area is 120 Å². The van der Waals surface area contributed by atoms with Crippen LogP contribution in [0.4, 0.5) is 0 Å². The highest BCUT2D eigenvalue weighted by atomic mass is 14.3. The van der Waals surface area contributed by atoms with E-state index in [1.54, 1.807) is 0 Å². The first-order valence-electron chi connectivity index (χ1n) is 8.62. The minimum absolute atomic E-state index is 0.800. The molecule has 2 saturated carbocycles. The topological polar surface area (TPSA) is 0 Å². The van der Waals surface area contributed by atoms with Gasteiger partial charge in [-0.25, -0.2) is 0 Å². The van der Waals surface area contributed by atoms with Crippen LogP contribution >= 0.6 is 0 Å². The Balaban J connectivity index is 1.68. The van der Waals surface area contributed by atoms with Gasteiger partial charge in [0.2, 0.25) is 0 Å². The molecule has 0 bridgehead atoms. The van der Waals surface area contributed by atoms with Crippen LogP contribution in [0.5, 0.6) is 0 Å². The minimum atomic E-state index is 0.800. The fourth-order valence-corrected chi connectivity index (χ4v) is 3.97. The molecule has 0 heteroatoms. The number of hydrogen-bond acceptors (Lipinski definition) is 0. The summed E-state index contributed by atoms with van der Waals surface area (Å²) in [6.07, 6.45) is 21.5. The molecule has 0 saturated heterocycles. The van der Waals surface area contributed by atoms with Crippen molar-refractivity contribution in [1.29, 1.82) is 0 Å². The highest BCUT2D eigenvalue weighted by Gasteiger charge is 2.20. The fourth-order valence-electron chi connectivity index (χ4n) is 3.97. The molecule has 0 nitrogen and oxygen atoms in total. The summed E-state index contributed by atoms with van der Waals surface area (Å²) >= 11 is 0. The van der Waals surface area contributed by atoms with Crippen LogP contribution in [-0.4, -0.2) is 0 Å². The number of allylic oxidation sites excluding steroid dienone is 3. The van der Waals surface area contributed by atoms with Crippen molar-refractivity contribution in [3.8, 4) is 0 Å². The molecule has 2 aliphatic rings. The van der Waals surface area contributed by atoms with Gasteiger partial charge in [0, 0.05) is 0 Å². The van der Waals surface area contributed by atoms with Gasteiger partial charge in [-0.2, -0.15) is 0 Å². The van der Waals surface area contributed by atoms with Crippen LogP contribution in [0.25, 0.3) is 0 Å². The Morgan fingerprint density at radius 2 is 1.26 bits per heavy atom. The highest BCUT2D eigenvalue weighted by Crippen LogP contribution is 2.34. The molecule has 0 spiro atoms. The average molecular weight is 260 g/mol. The Bertz CT molecular complexity index is 272. The van der Waals surface area contributed by atoms with E-state index in [0.29, 0.717) is 0 Å². The number of rotatable bonds is 5. The van der Waals surface area contributed by atoms with Crippen LogP contribution < -0.4 is 0 Å². The molecule has 0 unspecified atom stereocenters. The molecule has 19 heavy (non-hydrogen) atoms. The Kier molecular flexibility index (Phi) is 6.20. The van der Waals surface area contributed by atoms with Crippen molar-refractivity contribution in [2.24, 2.45) is 23.7 Å². The molecular weight excluding hydrogens is 228 g/mol. The van der Waals surface area contributed by atoms with Crippen LogP contribution in [0.1, 0.15) is 71.1 Å². The van der Waals surface area contributed by atoms with Crippen molar-refractivity contribution in [2.75, 3.05) is 0 Å². The lowest BCUT2D eigenvalue weighted by molar-refractivity contribution is 0.292. The minimum Gasteiger partial charge on any atom is -0.103 e. The van der Waals surface area contributed by atoms with Crippen molar-refractivity contribution in [3.63, 3.8) is 0 Å². The van der Waals surface area contributed by atoms with Crippen molar-refractivity contribution < 1.29 is 0 Å². The third kappa shape index (κ3) is 4.82. The largest absolute Gasteiger partial charge is 0.103 e. The molecule has 0 aromatic heterocycles. The van der Waals surface area contributed by atoms with Crippen LogP contribution in [0.15, 0.2) is 24.8 Å². The maximum Gasteiger partial charge on any atom is -0.0233 e. The second-order valence-corrected chi connectivity index (χ2v) is 6.86. The molecule has 108 valence electrons. The molecule has 0 aromatic rings. The number of hydrogen-bond donors (Lipinski definition) is 0. The van der Waals surface area contributed by atoms with Crippen LogP contribution in [0, 0.1) is 23.7 Å². The second-order valence-electron chi connectivity index (χ2n) is 6.86. The van der Waals surface area contributed by atoms with E-state index in [4.69, 9.17) is 0 Å². The zero-order chi connectivity index (χ0) is 13.5. The lowest BCUT2D eigenvalue weighted by atomic mass is 9.78. The Morgan fingerprint density at radius 3 is 1.74 bits per heavy atom. The summed E-state index contributed by atoms with van der Waals surface area (Å²) in [5.74, 6) is 3.60. The van der Waals surface area contributed by atoms with Gasteiger partial charge in [0.15, 0.2) is 0 Å². The van der Waals surface area contributed by atoms with Gasteiger partial charge < -0.3 is 0 Å². The summed E-state index contributed by atoms with van der Waals surface area (Å²) in [7, 11) is 0. The Hall–Kier alpha value is -0.520. The molecule has 0 amide bonds. The van der Waals surface area contributed by atoms with E-state index in [-0.39, 0.29) is 0 Å². The van der Waals surface area contributed by atoms with Crippen molar-refractivity contribution in [3.05, 3.63) is 24.8 Å². The van der Waals surface area contributed by atoms with E-state index in [9.17, 15) is 0 Å². The van der Waals surface area contributed by atoms with Gasteiger partial charge in [-0.3, -0.25) is 0 Å². The molecule has 2 aliphatic carbocycles. The maximum absolute atomic E-state index is 3.93. The van der Waals surface area contributed by atoms with Gasteiger partial charge in [-0.15, -0.1) is 6.58 Å². The zero-order valence-corrected chi connectivity index (χ0v) is 12.8. The third-order valence-electron chi connectivity index (χ3n) is 5.39. The van der Waals surface area contributed by atoms with E-state index in [1.807, 2.05) is 0 Å². The summed E-state index contributed by atoms with van der Waals surface area (Å²) in [6.45, 7) is 6.26. The monoisotopic (exact) mass is 260 g/mol. The standard InChI is InChI=1S/C19H32/c1-3-5-17-10-12-19(13-11-17)15-14-18-8-6-16(4-2)7-9-18/h4,14-19H,2-3,5-13H2,1H3. The van der Waals surface area contributed by atoms with Gasteiger partial charge in [0.25, 0.3) is 0 Å². The first-order chi connectivity index (χ1) is 9.31. The normalized spacial score (nSPS) is 36.5. The lowest BCUT2D eigenvalue weighted by Gasteiger charge is -2.28. The van der Waals surface area contributed by atoms with Crippen molar-refractivity contribution >= 4 is 0 Å². The first kappa shape index (κ1) is 14.9. The van der Waals surface area contributed by atoms with Crippen molar-refractivity contribution in [1.82, 2.24) is 0 Å². The van der Waals surface area contributed by atoms with E-state index >= 15 is 0 Å². The Morgan fingerprint density at radius 1 is 0.789 bits per heavy atom. The van der Waals surface area contributed by atoms with Gasteiger partial charge >= 0.3 is 0 Å². The predicted molar refractivity (Wildman–Crippen MR) is 85.1 cm³/mol. The highest BCUT2D eigenvalue weighted by molar-refractivity contribution is 4.97. The van der Waals surface area contributed by atoms with Crippen molar-refractivity contribution in [2.45, 2.75) is 71.1 Å². The van der Waals surface area contributed by atoms with Crippen LogP contribution in [-0.2, 0) is 0 Å². The third-order valence-corrected chi connectivity index (χ3v) is 5.39. The van der Waals surface area contributed by atoms with Gasteiger partial charge in [-0.1, -0.05) is 38.0 Å². The first-order valence-corrected chi connectivity index (χ1v) is 8.62. The summed E-state index contributed by atoms with van der Waals surface area (Å²) in [5, 5.41) is 0. The SMILES string of the molecule is C=CC1CCC(C=CC2CCC(CCC)CC2)CC1. The van der Waals surface area contributed by atoms with Crippen LogP contribution in [0.2, 0.25) is 0 Å². The predicted octanol–water partition coefficient (Wildman–Crippen LogP) is 6.14. The van der Waals surface area contributed by atoms with E-state index < -0.39 is 0 Å². The van der Waals surface area contributed by atoms with E-state index in [1.165, 1.54) is 64.2 Å². The molecular formula is C19H32. The second kappa shape index (κ2) is 7.92. The molecule has 0 radical (unpaired) electrons. The van der Waals surface area contributed by atoms with E-state index in [0.717, 1.165) is 23.7 Å². The molecule has 0 N–H and O–H groups in total. The molecule has 0 heterocycles. The summed E-state index contributed by atoms with van der Waals surface area (Å²) in [4.78, 5) is 0. The lowest BCUT2D eigenvalue weighted by Crippen LogP contribution is -2.14. The average Bonchev–Trinajstić information content (AvgIpc) is 2.47. The fraction of sp³-hybridized carbons (Fsp3) is 0.789. The molecule has 2 rings (SSSR count). The van der Waals surface area contributed by atoms with Gasteiger partial charge in [0.05, 0.1) is 0 Å². The zero-order valence-electron chi connectivity index (χ0n) is 12.8. The van der Waals surface area contributed by atoms with Crippen LogP contribution in [0.3, 0.4) is 0 Å². The molecule has 2 fully saturated rings. The summed E-state index contributed by atoms with van der Waals surface area (Å²) in [6, 6.07) is 0. The smallest absolute Gasteiger partial charge is 0.0233 e. The van der Waals surface area contributed by atoms with Gasteiger partial charge in [-0.05, 0) is 75.0 Å².